The highest BCUT2D eigenvalue weighted by Gasteiger charge is 2.31. The van der Waals surface area contributed by atoms with Gasteiger partial charge in [-0.3, -0.25) is 0 Å². The highest BCUT2D eigenvalue weighted by atomic mass is 19.1. The van der Waals surface area contributed by atoms with Crippen molar-refractivity contribution in [3.8, 4) is 17.1 Å². The zero-order valence-electron chi connectivity index (χ0n) is 18.1. The van der Waals surface area contributed by atoms with Crippen LogP contribution in [0.15, 0.2) is 41.6 Å². The molecular weight excluding hydrogens is 429 g/mol. The number of carboxylic acids is 1. The van der Waals surface area contributed by atoms with Crippen molar-refractivity contribution >= 4 is 17.6 Å². The Labute approximate surface area is 189 Å². The highest BCUT2D eigenvalue weighted by molar-refractivity contribution is 6.03. The van der Waals surface area contributed by atoms with Crippen LogP contribution < -0.4 is 10.5 Å². The minimum absolute atomic E-state index is 0.131. The molecule has 0 fully saturated rings. The molecule has 0 aliphatic heterocycles. The second-order valence-corrected chi connectivity index (χ2v) is 7.60. The topological polar surface area (TPSA) is 133 Å². The summed E-state index contributed by atoms with van der Waals surface area (Å²) in [5, 5.41) is 13.0. The Morgan fingerprint density at radius 3 is 2.82 bits per heavy atom. The number of aryl methyl sites for hydroxylation is 1. The second kappa shape index (κ2) is 9.19. The molecule has 4 rings (SSSR count). The Balaban J connectivity index is 1.80. The minimum Gasteiger partial charge on any atom is -0.481 e. The van der Waals surface area contributed by atoms with E-state index in [2.05, 4.69) is 20.1 Å². The SMILES string of the molecule is COc1cccc(-c2cc(F)ccc2C2CC(=NOCC(=O)O)c3c(C)nc(N)nc3C2)n1. The van der Waals surface area contributed by atoms with Crippen molar-refractivity contribution in [2.45, 2.75) is 25.7 Å². The largest absolute Gasteiger partial charge is 0.481 e. The molecule has 2 heterocycles. The number of nitrogens with two attached hydrogens (primary N) is 1. The van der Waals surface area contributed by atoms with E-state index in [1.165, 1.54) is 19.2 Å². The van der Waals surface area contributed by atoms with Crippen LogP contribution >= 0.6 is 0 Å². The number of hydrogen-bond donors (Lipinski definition) is 2. The lowest BCUT2D eigenvalue weighted by Crippen LogP contribution is -2.24. The lowest BCUT2D eigenvalue weighted by molar-refractivity contribution is -0.142. The fourth-order valence-electron chi connectivity index (χ4n) is 4.07. The molecule has 10 heteroatoms. The summed E-state index contributed by atoms with van der Waals surface area (Å²) in [6.45, 7) is 1.21. The minimum atomic E-state index is -1.14. The smallest absolute Gasteiger partial charge is 0.344 e. The molecule has 1 aliphatic carbocycles. The van der Waals surface area contributed by atoms with E-state index in [0.717, 1.165) is 5.56 Å². The van der Waals surface area contributed by atoms with E-state index in [9.17, 15) is 9.18 Å². The zero-order valence-corrected chi connectivity index (χ0v) is 18.1. The average molecular weight is 451 g/mol. The number of rotatable bonds is 6. The third kappa shape index (κ3) is 4.74. The molecule has 33 heavy (non-hydrogen) atoms. The van der Waals surface area contributed by atoms with E-state index in [0.29, 0.717) is 52.6 Å². The van der Waals surface area contributed by atoms with Gasteiger partial charge in [-0.15, -0.1) is 0 Å². The number of fused-ring (bicyclic) bond motifs is 1. The van der Waals surface area contributed by atoms with Crippen molar-refractivity contribution < 1.29 is 23.9 Å². The number of nitrogens with zero attached hydrogens (tertiary/aromatic N) is 4. The third-order valence-electron chi connectivity index (χ3n) is 5.38. The van der Waals surface area contributed by atoms with Crippen molar-refractivity contribution in [3.05, 3.63) is 64.7 Å². The number of nitrogen functional groups attached to an aromatic ring is 1. The van der Waals surface area contributed by atoms with Crippen molar-refractivity contribution in [2.24, 2.45) is 5.16 Å². The number of aromatic nitrogens is 3. The van der Waals surface area contributed by atoms with Gasteiger partial charge in [0, 0.05) is 23.6 Å². The molecule has 170 valence electrons. The van der Waals surface area contributed by atoms with Crippen molar-refractivity contribution in [1.29, 1.82) is 0 Å². The van der Waals surface area contributed by atoms with E-state index in [1.807, 2.05) is 0 Å². The number of halogens is 1. The quantitative estimate of drug-likeness (QED) is 0.546. The first-order valence-corrected chi connectivity index (χ1v) is 10.2. The summed E-state index contributed by atoms with van der Waals surface area (Å²) in [4.78, 5) is 29.0. The van der Waals surface area contributed by atoms with Gasteiger partial charge < -0.3 is 20.4 Å². The molecule has 0 radical (unpaired) electrons. The maximum Gasteiger partial charge on any atom is 0.344 e. The number of anilines is 1. The van der Waals surface area contributed by atoms with Crippen LogP contribution in [-0.2, 0) is 16.1 Å². The summed E-state index contributed by atoms with van der Waals surface area (Å²) in [6, 6.07) is 9.83. The Kier molecular flexibility index (Phi) is 6.16. The normalized spacial score (nSPS) is 16.3. The van der Waals surface area contributed by atoms with E-state index in [1.54, 1.807) is 31.2 Å². The molecule has 1 atom stereocenters. The van der Waals surface area contributed by atoms with Crippen LogP contribution in [-0.4, -0.2) is 45.5 Å². The van der Waals surface area contributed by atoms with Gasteiger partial charge in [0.1, 0.15) is 5.82 Å². The van der Waals surface area contributed by atoms with Crippen LogP contribution in [0, 0.1) is 12.7 Å². The number of hydrogen-bond acceptors (Lipinski definition) is 8. The molecule has 2 aromatic heterocycles. The molecule has 0 saturated carbocycles. The summed E-state index contributed by atoms with van der Waals surface area (Å²) in [5.74, 6) is -1.15. The Morgan fingerprint density at radius 2 is 2.06 bits per heavy atom. The number of aliphatic carboxylic acids is 1. The number of ether oxygens (including phenoxy) is 1. The number of oxime groups is 1. The molecule has 0 spiro atoms. The fraction of sp³-hybridized carbons (Fsp3) is 0.261. The molecule has 3 N–H and O–H groups in total. The molecule has 0 amide bonds. The third-order valence-corrected chi connectivity index (χ3v) is 5.38. The van der Waals surface area contributed by atoms with E-state index >= 15 is 0 Å². The van der Waals surface area contributed by atoms with Gasteiger partial charge in [0.25, 0.3) is 0 Å². The molecule has 0 bridgehead atoms. The van der Waals surface area contributed by atoms with Gasteiger partial charge in [-0.1, -0.05) is 17.3 Å². The number of pyridine rings is 1. The first kappa shape index (κ1) is 22.1. The van der Waals surface area contributed by atoms with Gasteiger partial charge in [-0.05, 0) is 43.0 Å². The summed E-state index contributed by atoms with van der Waals surface area (Å²) >= 11 is 0. The molecule has 1 aromatic carbocycles. The standard InChI is InChI=1S/C23H22FN5O4/c1-12-22-18(28-23(25)26-12)8-13(9-19(22)29-33-11-21(30)31)15-7-6-14(24)10-16(15)17-4-3-5-20(27-17)32-2/h3-7,10,13H,8-9,11H2,1-2H3,(H,30,31)(H2,25,26,28). The van der Waals surface area contributed by atoms with Gasteiger partial charge in [-0.2, -0.15) is 0 Å². The summed E-state index contributed by atoms with van der Waals surface area (Å²) in [6.07, 6.45) is 0.910. The average Bonchev–Trinajstić information content (AvgIpc) is 2.78. The molecule has 0 saturated heterocycles. The predicted octanol–water partition coefficient (Wildman–Crippen LogP) is 3.11. The summed E-state index contributed by atoms with van der Waals surface area (Å²) < 4.78 is 19.5. The predicted molar refractivity (Wildman–Crippen MR) is 119 cm³/mol. The van der Waals surface area contributed by atoms with Crippen LogP contribution in [0.2, 0.25) is 0 Å². The Morgan fingerprint density at radius 1 is 1.24 bits per heavy atom. The number of carbonyl (C=O) groups is 1. The van der Waals surface area contributed by atoms with Crippen LogP contribution in [0.5, 0.6) is 5.88 Å². The first-order valence-electron chi connectivity index (χ1n) is 10.2. The lowest BCUT2D eigenvalue weighted by atomic mass is 9.79. The highest BCUT2D eigenvalue weighted by Crippen LogP contribution is 2.38. The Bertz CT molecular complexity index is 1250. The van der Waals surface area contributed by atoms with Gasteiger partial charge in [0.05, 0.1) is 29.9 Å². The molecular formula is C23H22FN5O4. The zero-order chi connectivity index (χ0) is 23.5. The van der Waals surface area contributed by atoms with Gasteiger partial charge in [0.2, 0.25) is 18.4 Å². The van der Waals surface area contributed by atoms with Gasteiger partial charge >= 0.3 is 5.97 Å². The molecule has 3 aromatic rings. The van der Waals surface area contributed by atoms with E-state index in [-0.39, 0.29) is 11.9 Å². The van der Waals surface area contributed by atoms with Gasteiger partial charge in [-0.25, -0.2) is 24.1 Å². The summed E-state index contributed by atoms with van der Waals surface area (Å²) in [7, 11) is 1.52. The molecule has 1 aliphatic rings. The number of carboxylic acid groups (broad SMARTS) is 1. The van der Waals surface area contributed by atoms with Crippen molar-refractivity contribution in [1.82, 2.24) is 15.0 Å². The maximum absolute atomic E-state index is 14.3. The lowest BCUT2D eigenvalue weighted by Gasteiger charge is -2.27. The molecule has 1 unspecified atom stereocenters. The number of benzene rings is 1. The summed E-state index contributed by atoms with van der Waals surface area (Å²) in [5.41, 5.74) is 10.4. The van der Waals surface area contributed by atoms with Crippen LogP contribution in [0.4, 0.5) is 10.3 Å². The van der Waals surface area contributed by atoms with Crippen LogP contribution in [0.1, 0.15) is 34.9 Å². The van der Waals surface area contributed by atoms with E-state index in [4.69, 9.17) is 20.4 Å². The number of methoxy groups -OCH3 is 1. The van der Waals surface area contributed by atoms with E-state index < -0.39 is 18.4 Å². The Hall–Kier alpha value is -4.08. The van der Waals surface area contributed by atoms with Crippen molar-refractivity contribution in [3.63, 3.8) is 0 Å². The maximum atomic E-state index is 14.3. The first-order chi connectivity index (χ1) is 15.9. The monoisotopic (exact) mass is 451 g/mol. The van der Waals surface area contributed by atoms with Crippen molar-refractivity contribution in [2.75, 3.05) is 19.5 Å². The molecule has 9 nitrogen and oxygen atoms in total. The van der Waals surface area contributed by atoms with Crippen LogP contribution in [0.3, 0.4) is 0 Å². The van der Waals surface area contributed by atoms with Gasteiger partial charge in [0.15, 0.2) is 0 Å². The van der Waals surface area contributed by atoms with Crippen LogP contribution in [0.25, 0.3) is 11.3 Å². The second-order valence-electron chi connectivity index (χ2n) is 7.60. The fourth-order valence-corrected chi connectivity index (χ4v) is 4.07.